The van der Waals surface area contributed by atoms with E-state index in [-0.39, 0.29) is 32.1 Å². The van der Waals surface area contributed by atoms with Crippen LogP contribution < -0.4 is 15.9 Å². The number of Topliss-reactive ketones (excluding diaryl/α,β-unsaturated/α-hetero) is 1. The molecule has 0 bridgehead atoms. The molecule has 0 aliphatic rings. The van der Waals surface area contributed by atoms with Crippen molar-refractivity contribution in [3.8, 4) is 0 Å². The third-order valence-electron chi connectivity index (χ3n) is 2.74. The van der Waals surface area contributed by atoms with Crippen molar-refractivity contribution >= 4 is 29.7 Å². The number of carboxylic acid groups (broad SMARTS) is 4. The maximum atomic E-state index is 10.4. The third-order valence-corrected chi connectivity index (χ3v) is 2.74. The summed E-state index contributed by atoms with van der Waals surface area (Å²) in [4.78, 5) is 50.3. The molecule has 4 N–H and O–H groups in total. The Kier molecular flexibility index (Phi) is 14.0. The fourth-order valence-corrected chi connectivity index (χ4v) is 1.42. The molecule has 138 valence electrons. The van der Waals surface area contributed by atoms with Gasteiger partial charge in [0.2, 0.25) is 0 Å². The Labute approximate surface area is 138 Å². The number of rotatable bonds is 12. The van der Waals surface area contributed by atoms with Gasteiger partial charge in [-0.1, -0.05) is 6.42 Å². The van der Waals surface area contributed by atoms with Crippen molar-refractivity contribution in [2.24, 2.45) is 5.73 Å². The van der Waals surface area contributed by atoms with E-state index in [1.807, 2.05) is 0 Å². The number of nitrogens with two attached hydrogens (primary N) is 1. The molecule has 0 aromatic rings. The summed E-state index contributed by atoms with van der Waals surface area (Å²) in [5, 5.41) is 36.3. The minimum atomic E-state index is -1.72. The van der Waals surface area contributed by atoms with Crippen LogP contribution in [-0.4, -0.2) is 45.9 Å². The summed E-state index contributed by atoms with van der Waals surface area (Å²) in [6, 6.07) is -0.862. The number of carbonyl (C=O) groups is 5. The topological polar surface area (TPSA) is 198 Å². The largest absolute Gasteiger partial charge is 0.550 e. The quantitative estimate of drug-likeness (QED) is 0.254. The van der Waals surface area contributed by atoms with Gasteiger partial charge in [0.15, 0.2) is 5.78 Å². The lowest BCUT2D eigenvalue weighted by atomic mass is 10.1. The molecule has 0 aliphatic heterocycles. The second-order valence-electron chi connectivity index (χ2n) is 4.87. The molecule has 1 unspecified atom stereocenters. The van der Waals surface area contributed by atoms with E-state index in [1.165, 1.54) is 0 Å². The number of hydrogen-bond donors (Lipinski definition) is 3. The van der Waals surface area contributed by atoms with Crippen LogP contribution in [-0.2, 0) is 24.0 Å². The first-order valence-electron chi connectivity index (χ1n) is 7.22. The molecule has 0 rings (SSSR count). The molecule has 10 heteroatoms. The van der Waals surface area contributed by atoms with Crippen LogP contribution in [0.25, 0.3) is 0 Å². The molecule has 0 spiro atoms. The van der Waals surface area contributed by atoms with Crippen LogP contribution >= 0.6 is 0 Å². The zero-order chi connectivity index (χ0) is 19.1. The number of aliphatic carboxylic acids is 4. The Bertz CT molecular complexity index is 448. The van der Waals surface area contributed by atoms with Crippen LogP contribution in [0.5, 0.6) is 0 Å². The van der Waals surface area contributed by atoms with E-state index >= 15 is 0 Å². The van der Waals surface area contributed by atoms with Gasteiger partial charge in [-0.25, -0.2) is 0 Å². The Morgan fingerprint density at radius 1 is 0.833 bits per heavy atom. The fraction of sp³-hybridized carbons (Fsp3) is 0.643. The molecule has 0 aromatic heterocycles. The summed E-state index contributed by atoms with van der Waals surface area (Å²) >= 11 is 0. The molecular formula is C14H21NO9-2. The Morgan fingerprint density at radius 2 is 1.33 bits per heavy atom. The predicted octanol–water partition coefficient (Wildman–Crippen LogP) is -2.34. The molecule has 24 heavy (non-hydrogen) atoms. The molecule has 0 amide bonds. The van der Waals surface area contributed by atoms with Crippen molar-refractivity contribution in [3.05, 3.63) is 0 Å². The summed E-state index contributed by atoms with van der Waals surface area (Å²) in [6.07, 6.45) is 1.60. The number of carbonyl (C=O) groups excluding carboxylic acids is 3. The molecule has 0 aliphatic carbocycles. The van der Waals surface area contributed by atoms with E-state index < -0.39 is 35.7 Å². The maximum absolute atomic E-state index is 10.4. The van der Waals surface area contributed by atoms with E-state index in [9.17, 15) is 34.2 Å². The average Bonchev–Trinajstić information content (AvgIpc) is 2.47. The maximum Gasteiger partial charge on any atom is 0.320 e. The minimum absolute atomic E-state index is 0.0757. The monoisotopic (exact) mass is 347 g/mol. The van der Waals surface area contributed by atoms with Gasteiger partial charge in [0.25, 0.3) is 0 Å². The summed E-state index contributed by atoms with van der Waals surface area (Å²) in [6.45, 7) is 0. The molecule has 0 radical (unpaired) electrons. The van der Waals surface area contributed by atoms with Crippen LogP contribution in [0.4, 0.5) is 0 Å². The number of unbranched alkanes of at least 4 members (excludes halogenated alkanes) is 2. The molecule has 0 heterocycles. The molecule has 10 nitrogen and oxygen atoms in total. The number of hydrogen-bond acceptors (Lipinski definition) is 8. The van der Waals surface area contributed by atoms with Crippen molar-refractivity contribution in [3.63, 3.8) is 0 Å². The predicted molar refractivity (Wildman–Crippen MR) is 75.2 cm³/mol. The lowest BCUT2D eigenvalue weighted by Crippen LogP contribution is -2.31. The highest BCUT2D eigenvalue weighted by atomic mass is 16.4. The molecule has 0 saturated carbocycles. The summed E-state index contributed by atoms with van der Waals surface area (Å²) in [5.41, 5.74) is 5.19. The fourth-order valence-electron chi connectivity index (χ4n) is 1.42. The highest BCUT2D eigenvalue weighted by Gasteiger charge is 2.10. The van der Waals surface area contributed by atoms with E-state index in [1.54, 1.807) is 0 Å². The normalized spacial score (nSPS) is 10.9. The first-order valence-corrected chi connectivity index (χ1v) is 7.22. The van der Waals surface area contributed by atoms with Gasteiger partial charge in [0.05, 0.1) is 0 Å². The van der Waals surface area contributed by atoms with Crippen molar-refractivity contribution in [1.82, 2.24) is 0 Å². The van der Waals surface area contributed by atoms with E-state index in [4.69, 9.17) is 15.9 Å². The molecule has 1 atom stereocenters. The van der Waals surface area contributed by atoms with Gasteiger partial charge in [0.1, 0.15) is 12.0 Å². The summed E-state index contributed by atoms with van der Waals surface area (Å²) in [5.74, 6) is -5.81. The summed E-state index contributed by atoms with van der Waals surface area (Å²) in [7, 11) is 0. The Hall–Kier alpha value is -2.49. The highest BCUT2D eigenvalue weighted by molar-refractivity contribution is 6.31. The van der Waals surface area contributed by atoms with Crippen LogP contribution in [0, 0.1) is 0 Å². The minimum Gasteiger partial charge on any atom is -0.550 e. The van der Waals surface area contributed by atoms with Crippen molar-refractivity contribution in [2.75, 3.05) is 0 Å². The van der Waals surface area contributed by atoms with Gasteiger partial charge in [0, 0.05) is 18.8 Å². The highest BCUT2D eigenvalue weighted by Crippen LogP contribution is 2.02. The second kappa shape index (κ2) is 14.1. The van der Waals surface area contributed by atoms with Crippen molar-refractivity contribution in [2.45, 2.75) is 57.4 Å². The molecular weight excluding hydrogens is 326 g/mol. The lowest BCUT2D eigenvalue weighted by Gasteiger charge is -2.03. The second-order valence-corrected chi connectivity index (χ2v) is 4.87. The molecule has 0 saturated heterocycles. The summed E-state index contributed by atoms with van der Waals surface area (Å²) < 4.78 is 0. The van der Waals surface area contributed by atoms with Gasteiger partial charge in [-0.05, 0) is 32.1 Å². The first kappa shape index (κ1) is 23.8. The van der Waals surface area contributed by atoms with E-state index in [0.717, 1.165) is 0 Å². The zero-order valence-corrected chi connectivity index (χ0v) is 13.1. The molecule has 0 aromatic carbocycles. The van der Waals surface area contributed by atoms with Crippen LogP contribution in [0.15, 0.2) is 0 Å². The van der Waals surface area contributed by atoms with E-state index in [2.05, 4.69) is 0 Å². The van der Waals surface area contributed by atoms with Crippen molar-refractivity contribution in [1.29, 1.82) is 0 Å². The van der Waals surface area contributed by atoms with E-state index in [0.29, 0.717) is 19.3 Å². The SMILES string of the molecule is NC(CCCCC(=O)O)C(=O)O.O=C([O-])CCCCC(=O)C(=O)[O-]. The Morgan fingerprint density at radius 3 is 1.75 bits per heavy atom. The van der Waals surface area contributed by atoms with Crippen LogP contribution in [0.3, 0.4) is 0 Å². The van der Waals surface area contributed by atoms with Gasteiger partial charge < -0.3 is 35.7 Å². The standard InChI is InChI=1S/C7H13NO4.C7H10O5/c2*8-5(7(11)12)3-1-2-4-6(9)10/h5H,1-4,8H2,(H,9,10)(H,11,12);1-4H2,(H,9,10)(H,11,12)/p-2. The van der Waals surface area contributed by atoms with Crippen LogP contribution in [0.1, 0.15) is 51.4 Å². The van der Waals surface area contributed by atoms with Crippen molar-refractivity contribution < 1.29 is 44.4 Å². The third kappa shape index (κ3) is 17.6. The lowest BCUT2D eigenvalue weighted by molar-refractivity contribution is -0.305. The van der Waals surface area contributed by atoms with Gasteiger partial charge >= 0.3 is 11.9 Å². The first-order chi connectivity index (χ1) is 11.1. The van der Waals surface area contributed by atoms with Crippen LogP contribution in [0.2, 0.25) is 0 Å². The zero-order valence-electron chi connectivity index (χ0n) is 13.1. The molecule has 0 fully saturated rings. The van der Waals surface area contributed by atoms with Gasteiger partial charge in [-0.15, -0.1) is 0 Å². The average molecular weight is 347 g/mol. The van der Waals surface area contributed by atoms with Gasteiger partial charge in [-0.2, -0.15) is 0 Å². The Balaban J connectivity index is 0. The smallest absolute Gasteiger partial charge is 0.320 e. The number of carboxylic acids is 4. The van der Waals surface area contributed by atoms with Gasteiger partial charge in [-0.3, -0.25) is 14.4 Å². The number of ketones is 1.